The Balaban J connectivity index is 1.54. The van der Waals surface area contributed by atoms with Crippen molar-refractivity contribution in [2.24, 2.45) is 7.05 Å². The Morgan fingerprint density at radius 2 is 1.80 bits per heavy atom. The average molecular weight is 482 g/mol. The number of carbonyl (C=O) groups excluding carboxylic acids is 1. The zero-order valence-corrected chi connectivity index (χ0v) is 18.9. The molecule has 0 atom stereocenters. The number of halogens is 2. The average Bonchev–Trinajstić information content (AvgIpc) is 3.47. The molecule has 182 valence electrons. The van der Waals surface area contributed by atoms with Crippen LogP contribution in [-0.4, -0.2) is 61.9 Å². The molecule has 0 spiro atoms. The number of aliphatic hydroxyl groups is 2. The van der Waals surface area contributed by atoms with Crippen molar-refractivity contribution in [3.05, 3.63) is 72.3 Å². The van der Waals surface area contributed by atoms with E-state index in [9.17, 15) is 23.8 Å². The van der Waals surface area contributed by atoms with Gasteiger partial charge in [-0.2, -0.15) is 0 Å². The van der Waals surface area contributed by atoms with E-state index in [1.54, 1.807) is 41.0 Å². The highest BCUT2D eigenvalue weighted by Gasteiger charge is 2.19. The lowest BCUT2D eigenvalue weighted by molar-refractivity contribution is 0.102. The molecular formula is C24H24F2N6O3. The molecule has 0 aliphatic carbocycles. The van der Waals surface area contributed by atoms with Gasteiger partial charge in [0.1, 0.15) is 23.0 Å². The molecule has 2 heterocycles. The Labute approximate surface area is 199 Å². The van der Waals surface area contributed by atoms with Gasteiger partial charge in [-0.1, -0.05) is 0 Å². The molecule has 0 aliphatic heterocycles. The number of aromatic nitrogens is 4. The van der Waals surface area contributed by atoms with Gasteiger partial charge in [-0.25, -0.2) is 18.7 Å². The maximum Gasteiger partial charge on any atom is 0.273 e. The van der Waals surface area contributed by atoms with Gasteiger partial charge >= 0.3 is 0 Å². The smallest absolute Gasteiger partial charge is 0.273 e. The maximum atomic E-state index is 14.7. The predicted octanol–water partition coefficient (Wildman–Crippen LogP) is 2.80. The van der Waals surface area contributed by atoms with Gasteiger partial charge in [0, 0.05) is 31.4 Å². The number of hydrogen-bond acceptors (Lipinski definition) is 6. The summed E-state index contributed by atoms with van der Waals surface area (Å²) in [6.07, 6.45) is 2.92. The third kappa shape index (κ3) is 5.20. The van der Waals surface area contributed by atoms with Crippen LogP contribution in [-0.2, 0) is 7.05 Å². The molecule has 4 N–H and O–H groups in total. The molecule has 1 amide bonds. The topological polar surface area (TPSA) is 119 Å². The maximum absolute atomic E-state index is 14.7. The van der Waals surface area contributed by atoms with E-state index < -0.39 is 11.7 Å². The summed E-state index contributed by atoms with van der Waals surface area (Å²) in [5.74, 6) is -1.25. The summed E-state index contributed by atoms with van der Waals surface area (Å²) >= 11 is 0. The number of aliphatic hydroxyl groups excluding tert-OH is 2. The molecule has 0 saturated carbocycles. The molecule has 2 aromatic heterocycles. The van der Waals surface area contributed by atoms with Gasteiger partial charge in [-0.05, 0) is 42.5 Å². The van der Waals surface area contributed by atoms with Gasteiger partial charge in [0.2, 0.25) is 0 Å². The van der Waals surface area contributed by atoms with Crippen molar-refractivity contribution in [2.45, 2.75) is 0 Å². The Bertz CT molecular complexity index is 1310. The molecule has 0 radical (unpaired) electrons. The summed E-state index contributed by atoms with van der Waals surface area (Å²) in [5, 5.41) is 20.9. The third-order valence-corrected chi connectivity index (χ3v) is 5.41. The highest BCUT2D eigenvalue weighted by Crippen LogP contribution is 2.29. The number of anilines is 2. The molecule has 0 unspecified atom stereocenters. The second kappa shape index (κ2) is 10.5. The van der Waals surface area contributed by atoms with Crippen molar-refractivity contribution in [3.8, 4) is 22.8 Å². The Morgan fingerprint density at radius 3 is 2.46 bits per heavy atom. The first-order valence-electron chi connectivity index (χ1n) is 10.8. The Morgan fingerprint density at radius 1 is 1.09 bits per heavy atom. The molecule has 4 rings (SSSR count). The lowest BCUT2D eigenvalue weighted by Crippen LogP contribution is -2.29. The van der Waals surface area contributed by atoms with E-state index in [0.29, 0.717) is 28.5 Å². The number of aromatic amines is 1. The van der Waals surface area contributed by atoms with Crippen molar-refractivity contribution in [3.63, 3.8) is 0 Å². The molecule has 11 heteroatoms. The SMILES string of the molecule is Cn1cnc(-c2ccc(F)cc2)c1-c1ncc(C(=O)Nc2ccc(N(CCO)CCO)cc2F)[nH]1. The van der Waals surface area contributed by atoms with E-state index in [1.807, 2.05) is 0 Å². The van der Waals surface area contributed by atoms with Crippen LogP contribution in [0.2, 0.25) is 0 Å². The van der Waals surface area contributed by atoms with Gasteiger partial charge in [-0.15, -0.1) is 0 Å². The molecule has 0 aliphatic rings. The van der Waals surface area contributed by atoms with Gasteiger partial charge in [0.15, 0.2) is 5.82 Å². The fourth-order valence-electron chi connectivity index (χ4n) is 3.69. The summed E-state index contributed by atoms with van der Waals surface area (Å²) in [4.78, 5) is 26.0. The van der Waals surface area contributed by atoms with Crippen molar-refractivity contribution in [1.29, 1.82) is 0 Å². The first-order chi connectivity index (χ1) is 16.9. The summed E-state index contributed by atoms with van der Waals surface area (Å²) in [7, 11) is 1.77. The van der Waals surface area contributed by atoms with Crippen LogP contribution >= 0.6 is 0 Å². The van der Waals surface area contributed by atoms with E-state index in [2.05, 4.69) is 20.3 Å². The molecular weight excluding hydrogens is 458 g/mol. The van der Waals surface area contributed by atoms with E-state index in [0.717, 1.165) is 0 Å². The summed E-state index contributed by atoms with van der Waals surface area (Å²) in [6, 6.07) is 10.1. The Hall–Kier alpha value is -4.09. The number of nitrogens with zero attached hydrogens (tertiary/aromatic N) is 4. The van der Waals surface area contributed by atoms with Crippen LogP contribution in [0.3, 0.4) is 0 Å². The normalized spacial score (nSPS) is 11.0. The molecule has 0 fully saturated rings. The van der Waals surface area contributed by atoms with Crippen LogP contribution < -0.4 is 10.2 Å². The predicted molar refractivity (Wildman–Crippen MR) is 127 cm³/mol. The number of H-pyrrole nitrogens is 1. The highest BCUT2D eigenvalue weighted by molar-refractivity contribution is 6.03. The first-order valence-corrected chi connectivity index (χ1v) is 10.8. The Kier molecular flexibility index (Phi) is 7.18. The van der Waals surface area contributed by atoms with Crippen molar-refractivity contribution in [1.82, 2.24) is 19.5 Å². The van der Waals surface area contributed by atoms with Crippen molar-refractivity contribution >= 4 is 17.3 Å². The number of imidazole rings is 2. The lowest BCUT2D eigenvalue weighted by atomic mass is 10.1. The van der Waals surface area contributed by atoms with Crippen LogP contribution in [0.15, 0.2) is 55.0 Å². The fraction of sp³-hybridized carbons (Fsp3) is 0.208. The van der Waals surface area contributed by atoms with Crippen LogP contribution in [0.5, 0.6) is 0 Å². The second-order valence-corrected chi connectivity index (χ2v) is 7.76. The van der Waals surface area contributed by atoms with Gasteiger partial charge in [0.25, 0.3) is 5.91 Å². The van der Waals surface area contributed by atoms with Crippen molar-refractivity contribution < 1.29 is 23.8 Å². The molecule has 0 bridgehead atoms. The second-order valence-electron chi connectivity index (χ2n) is 7.76. The zero-order chi connectivity index (χ0) is 24.9. The van der Waals surface area contributed by atoms with E-state index in [4.69, 9.17) is 0 Å². The largest absolute Gasteiger partial charge is 0.395 e. The molecule has 4 aromatic rings. The van der Waals surface area contributed by atoms with Crippen LogP contribution in [0.25, 0.3) is 22.8 Å². The molecule has 2 aromatic carbocycles. The number of hydrogen-bond donors (Lipinski definition) is 4. The zero-order valence-electron chi connectivity index (χ0n) is 18.9. The van der Waals surface area contributed by atoms with E-state index in [1.165, 1.54) is 30.5 Å². The third-order valence-electron chi connectivity index (χ3n) is 5.41. The first kappa shape index (κ1) is 24.0. The van der Waals surface area contributed by atoms with Crippen LogP contribution in [0, 0.1) is 11.6 Å². The fourth-order valence-corrected chi connectivity index (χ4v) is 3.69. The summed E-state index contributed by atoms with van der Waals surface area (Å²) in [5.41, 5.74) is 2.39. The lowest BCUT2D eigenvalue weighted by Gasteiger charge is -2.23. The number of aryl methyl sites for hydroxylation is 1. The highest BCUT2D eigenvalue weighted by atomic mass is 19.1. The summed E-state index contributed by atoms with van der Waals surface area (Å²) < 4.78 is 29.7. The summed E-state index contributed by atoms with van der Waals surface area (Å²) in [6.45, 7) is 0.163. The van der Waals surface area contributed by atoms with E-state index >= 15 is 0 Å². The molecule has 9 nitrogen and oxygen atoms in total. The minimum absolute atomic E-state index is 0.0321. The number of amides is 1. The number of benzene rings is 2. The quantitative estimate of drug-likeness (QED) is 0.291. The number of rotatable bonds is 9. The molecule has 0 saturated heterocycles. The minimum Gasteiger partial charge on any atom is -0.395 e. The van der Waals surface area contributed by atoms with Crippen LogP contribution in [0.4, 0.5) is 20.2 Å². The van der Waals surface area contributed by atoms with Gasteiger partial charge in [0.05, 0.1) is 37.1 Å². The van der Waals surface area contributed by atoms with Gasteiger partial charge < -0.3 is 30.0 Å². The molecule has 35 heavy (non-hydrogen) atoms. The van der Waals surface area contributed by atoms with Gasteiger partial charge in [-0.3, -0.25) is 4.79 Å². The van der Waals surface area contributed by atoms with Crippen molar-refractivity contribution in [2.75, 3.05) is 36.5 Å². The minimum atomic E-state index is -0.665. The standard InChI is InChI=1S/C24H24F2N6O3/c1-31-14-28-21(15-2-4-16(25)5-3-15)22(31)23-27-13-20(29-23)24(35)30-19-7-6-17(12-18(19)26)32(8-10-33)9-11-34/h2-7,12-14,33-34H,8-11H2,1H3,(H,27,29)(H,30,35). The van der Waals surface area contributed by atoms with Crippen LogP contribution in [0.1, 0.15) is 10.5 Å². The number of nitrogens with one attached hydrogen (secondary N) is 2. The number of carbonyl (C=O) groups is 1. The monoisotopic (exact) mass is 482 g/mol. The van der Waals surface area contributed by atoms with E-state index in [-0.39, 0.29) is 43.5 Å².